The smallest absolute Gasteiger partial charge is 0.346 e. The lowest BCUT2D eigenvalue weighted by atomic mass is 10.2. The Morgan fingerprint density at radius 3 is 2.57 bits per heavy atom. The van der Waals surface area contributed by atoms with Crippen LogP contribution in [-0.4, -0.2) is 25.8 Å². The van der Waals surface area contributed by atoms with Crippen LogP contribution < -0.4 is 19.6 Å². The highest BCUT2D eigenvalue weighted by Gasteiger charge is 2.16. The second-order valence-electron chi connectivity index (χ2n) is 5.85. The molecule has 0 saturated heterocycles. The number of esters is 1. The van der Waals surface area contributed by atoms with Crippen molar-refractivity contribution in [1.82, 2.24) is 0 Å². The molecule has 0 spiro atoms. The number of benzene rings is 2. The standard InChI is InChI=1S/C21H20O7/c1-4-25-16-7-5-6-8-17(16)28-19-12-26-18-11-14(9-10-15(18)20(19)22)27-13(2)21(23)24-3/h5-13H,4H2,1-3H3/t13-/m1/s1. The Morgan fingerprint density at radius 2 is 1.86 bits per heavy atom. The molecule has 0 radical (unpaired) electrons. The average molecular weight is 384 g/mol. The van der Waals surface area contributed by atoms with Gasteiger partial charge in [-0.2, -0.15) is 0 Å². The van der Waals surface area contributed by atoms with E-state index in [0.29, 0.717) is 34.8 Å². The summed E-state index contributed by atoms with van der Waals surface area (Å²) < 4.78 is 26.9. The Hall–Kier alpha value is -3.48. The van der Waals surface area contributed by atoms with E-state index in [0.717, 1.165) is 0 Å². The fourth-order valence-electron chi connectivity index (χ4n) is 2.58. The van der Waals surface area contributed by atoms with Crippen LogP contribution in [0.1, 0.15) is 13.8 Å². The Bertz CT molecular complexity index is 1040. The van der Waals surface area contributed by atoms with Gasteiger partial charge < -0.3 is 23.4 Å². The Morgan fingerprint density at radius 1 is 1.11 bits per heavy atom. The molecule has 0 aliphatic rings. The van der Waals surface area contributed by atoms with E-state index in [1.54, 1.807) is 37.3 Å². The van der Waals surface area contributed by atoms with E-state index in [1.807, 2.05) is 13.0 Å². The van der Waals surface area contributed by atoms with Crippen molar-refractivity contribution in [2.24, 2.45) is 0 Å². The summed E-state index contributed by atoms with van der Waals surface area (Å²) in [4.78, 5) is 24.2. The molecule has 0 bridgehead atoms. The molecule has 0 saturated carbocycles. The summed E-state index contributed by atoms with van der Waals surface area (Å²) in [7, 11) is 1.28. The van der Waals surface area contributed by atoms with E-state index < -0.39 is 12.1 Å². The van der Waals surface area contributed by atoms with Crippen LogP contribution in [0, 0.1) is 0 Å². The lowest BCUT2D eigenvalue weighted by Crippen LogP contribution is -2.24. The third-order valence-electron chi connectivity index (χ3n) is 3.93. The van der Waals surface area contributed by atoms with Gasteiger partial charge in [0.15, 0.2) is 17.6 Å². The van der Waals surface area contributed by atoms with Crippen LogP contribution in [0.5, 0.6) is 23.0 Å². The largest absolute Gasteiger partial charge is 0.490 e. The first kappa shape index (κ1) is 19.3. The number of rotatable bonds is 7. The van der Waals surface area contributed by atoms with Gasteiger partial charge in [-0.05, 0) is 38.1 Å². The van der Waals surface area contributed by atoms with Crippen molar-refractivity contribution in [2.45, 2.75) is 20.0 Å². The highest BCUT2D eigenvalue weighted by atomic mass is 16.6. The lowest BCUT2D eigenvalue weighted by Gasteiger charge is -2.13. The summed E-state index contributed by atoms with van der Waals surface area (Å²) in [5.41, 5.74) is -0.0230. The third kappa shape index (κ3) is 4.09. The van der Waals surface area contributed by atoms with E-state index in [1.165, 1.54) is 19.4 Å². The molecule has 1 heterocycles. The number of carbonyl (C=O) groups is 1. The van der Waals surface area contributed by atoms with Crippen LogP contribution in [0.25, 0.3) is 11.0 Å². The number of para-hydroxylation sites is 2. The van der Waals surface area contributed by atoms with Gasteiger partial charge in [-0.15, -0.1) is 0 Å². The topological polar surface area (TPSA) is 84.2 Å². The summed E-state index contributed by atoms with van der Waals surface area (Å²) in [6.07, 6.45) is 0.452. The van der Waals surface area contributed by atoms with Gasteiger partial charge in [-0.25, -0.2) is 4.79 Å². The predicted molar refractivity (Wildman–Crippen MR) is 102 cm³/mol. The van der Waals surface area contributed by atoms with Crippen LogP contribution in [0.4, 0.5) is 0 Å². The first-order chi connectivity index (χ1) is 13.5. The van der Waals surface area contributed by atoms with Crippen LogP contribution in [0.2, 0.25) is 0 Å². The zero-order valence-electron chi connectivity index (χ0n) is 15.8. The molecule has 146 valence electrons. The molecule has 0 amide bonds. The van der Waals surface area contributed by atoms with Gasteiger partial charge in [0, 0.05) is 6.07 Å². The highest BCUT2D eigenvalue weighted by Crippen LogP contribution is 2.31. The maximum absolute atomic E-state index is 12.7. The Balaban J connectivity index is 1.89. The average Bonchev–Trinajstić information content (AvgIpc) is 2.71. The highest BCUT2D eigenvalue weighted by molar-refractivity contribution is 5.79. The molecule has 0 unspecified atom stereocenters. The molecule has 3 rings (SSSR count). The molecule has 1 aromatic heterocycles. The zero-order chi connectivity index (χ0) is 20.1. The van der Waals surface area contributed by atoms with Crippen molar-refractivity contribution in [1.29, 1.82) is 0 Å². The molecular formula is C21H20O7. The van der Waals surface area contributed by atoms with Gasteiger partial charge in [0.05, 0.1) is 19.1 Å². The maximum atomic E-state index is 12.7. The second kappa shape index (κ2) is 8.47. The van der Waals surface area contributed by atoms with Crippen molar-refractivity contribution in [3.63, 3.8) is 0 Å². The first-order valence-electron chi connectivity index (χ1n) is 8.73. The monoisotopic (exact) mass is 384 g/mol. The quantitative estimate of drug-likeness (QED) is 0.571. The summed E-state index contributed by atoms with van der Waals surface area (Å²) in [5.74, 6) is 0.867. The first-order valence-corrected chi connectivity index (χ1v) is 8.73. The van der Waals surface area contributed by atoms with Crippen LogP contribution in [0.3, 0.4) is 0 Å². The number of ether oxygens (including phenoxy) is 4. The van der Waals surface area contributed by atoms with Crippen LogP contribution in [0.15, 0.2) is 57.9 Å². The van der Waals surface area contributed by atoms with Gasteiger partial charge in [0.1, 0.15) is 17.6 Å². The molecule has 0 aliphatic heterocycles. The van der Waals surface area contributed by atoms with E-state index in [-0.39, 0.29) is 11.2 Å². The lowest BCUT2D eigenvalue weighted by molar-refractivity contribution is -0.147. The molecule has 7 heteroatoms. The minimum absolute atomic E-state index is 0.0382. The van der Waals surface area contributed by atoms with E-state index >= 15 is 0 Å². The van der Waals surface area contributed by atoms with E-state index in [2.05, 4.69) is 4.74 Å². The SMILES string of the molecule is CCOc1ccccc1Oc1coc2cc(O[C@H](C)C(=O)OC)ccc2c1=O. The maximum Gasteiger partial charge on any atom is 0.346 e. The van der Waals surface area contributed by atoms with Gasteiger partial charge in [0.2, 0.25) is 11.2 Å². The zero-order valence-corrected chi connectivity index (χ0v) is 15.8. The van der Waals surface area contributed by atoms with Crippen molar-refractivity contribution in [2.75, 3.05) is 13.7 Å². The molecule has 0 aliphatic carbocycles. The summed E-state index contributed by atoms with van der Waals surface area (Å²) in [5, 5.41) is 0.324. The Kier molecular flexibility index (Phi) is 5.84. The summed E-state index contributed by atoms with van der Waals surface area (Å²) >= 11 is 0. The third-order valence-corrected chi connectivity index (χ3v) is 3.93. The number of hydrogen-bond acceptors (Lipinski definition) is 7. The fraction of sp³-hybridized carbons (Fsp3) is 0.238. The summed E-state index contributed by atoms with van der Waals surface area (Å²) in [6.45, 7) is 3.90. The molecule has 0 fully saturated rings. The number of fused-ring (bicyclic) bond motifs is 1. The van der Waals surface area contributed by atoms with Gasteiger partial charge >= 0.3 is 5.97 Å². The normalized spacial score (nSPS) is 11.7. The minimum Gasteiger partial charge on any atom is -0.490 e. The van der Waals surface area contributed by atoms with Crippen LogP contribution >= 0.6 is 0 Å². The minimum atomic E-state index is -0.785. The number of methoxy groups -OCH3 is 1. The molecule has 28 heavy (non-hydrogen) atoms. The number of carbonyl (C=O) groups excluding carboxylic acids is 1. The molecule has 3 aromatic rings. The van der Waals surface area contributed by atoms with Gasteiger partial charge in [-0.3, -0.25) is 4.79 Å². The summed E-state index contributed by atoms with van der Waals surface area (Å²) in [6, 6.07) is 11.7. The second-order valence-corrected chi connectivity index (χ2v) is 5.85. The fourth-order valence-corrected chi connectivity index (χ4v) is 2.58. The van der Waals surface area contributed by atoms with Crippen molar-refractivity contribution in [3.8, 4) is 23.0 Å². The number of hydrogen-bond donors (Lipinski definition) is 0. The Labute approximate surface area is 161 Å². The molecule has 2 aromatic carbocycles. The molecular weight excluding hydrogens is 364 g/mol. The molecule has 0 N–H and O–H groups in total. The van der Waals surface area contributed by atoms with Gasteiger partial charge in [-0.1, -0.05) is 12.1 Å². The van der Waals surface area contributed by atoms with E-state index in [4.69, 9.17) is 18.6 Å². The van der Waals surface area contributed by atoms with Crippen molar-refractivity contribution < 1.29 is 28.2 Å². The molecule has 1 atom stereocenters. The van der Waals surface area contributed by atoms with Crippen molar-refractivity contribution in [3.05, 3.63) is 59.0 Å². The molecule has 7 nitrogen and oxygen atoms in total. The van der Waals surface area contributed by atoms with Crippen molar-refractivity contribution >= 4 is 16.9 Å². The van der Waals surface area contributed by atoms with E-state index in [9.17, 15) is 9.59 Å². The van der Waals surface area contributed by atoms with Crippen LogP contribution in [-0.2, 0) is 9.53 Å². The van der Waals surface area contributed by atoms with Gasteiger partial charge in [0.25, 0.3) is 0 Å². The predicted octanol–water partition coefficient (Wildman–Crippen LogP) is 3.92.